The van der Waals surface area contributed by atoms with Crippen LogP contribution in [0.1, 0.15) is 32.6 Å². The molecule has 21 heavy (non-hydrogen) atoms. The molecule has 0 spiro atoms. The van der Waals surface area contributed by atoms with Crippen molar-refractivity contribution in [3.8, 4) is 0 Å². The summed E-state index contributed by atoms with van der Waals surface area (Å²) in [6.07, 6.45) is 3.95. The van der Waals surface area contributed by atoms with Crippen LogP contribution in [0.2, 0.25) is 0 Å². The van der Waals surface area contributed by atoms with Crippen LogP contribution in [0.25, 0.3) is 0 Å². The molecular weight excluding hydrogens is 308 g/mol. The molecule has 0 radical (unpaired) electrons. The fraction of sp³-hybridized carbons (Fsp3) is 0.600. The van der Waals surface area contributed by atoms with Crippen LogP contribution in [0.15, 0.2) is 30.3 Å². The number of para-hydroxylation sites is 1. The molecule has 2 N–H and O–H groups in total. The zero-order chi connectivity index (χ0) is 15.6. The van der Waals surface area contributed by atoms with Crippen molar-refractivity contribution in [3.63, 3.8) is 0 Å². The van der Waals surface area contributed by atoms with Crippen LogP contribution in [0.5, 0.6) is 0 Å². The van der Waals surface area contributed by atoms with Crippen molar-refractivity contribution in [1.29, 1.82) is 0 Å². The molecule has 0 saturated heterocycles. The maximum absolute atomic E-state index is 12.0. The summed E-state index contributed by atoms with van der Waals surface area (Å²) in [6.45, 7) is 3.04. The van der Waals surface area contributed by atoms with Crippen molar-refractivity contribution in [3.05, 3.63) is 30.3 Å². The second-order valence-corrected chi connectivity index (χ2v) is 7.24. The Hall–Kier alpha value is -0.780. The lowest BCUT2D eigenvalue weighted by Crippen LogP contribution is -2.34. The van der Waals surface area contributed by atoms with Crippen LogP contribution in [-0.4, -0.2) is 32.6 Å². The Morgan fingerprint density at radius 2 is 1.90 bits per heavy atom. The smallest absolute Gasteiger partial charge is 0.232 e. The molecule has 4 nitrogen and oxygen atoms in total. The summed E-state index contributed by atoms with van der Waals surface area (Å²) in [7, 11) is -3.32. The first-order chi connectivity index (χ1) is 10.1. The molecule has 0 fully saturated rings. The fourth-order valence-electron chi connectivity index (χ4n) is 1.95. The zero-order valence-corrected chi connectivity index (χ0v) is 14.1. The Morgan fingerprint density at radius 3 is 2.52 bits per heavy atom. The molecule has 120 valence electrons. The Labute approximate surface area is 133 Å². The van der Waals surface area contributed by atoms with E-state index in [1.165, 1.54) is 12.8 Å². The van der Waals surface area contributed by atoms with E-state index < -0.39 is 10.0 Å². The van der Waals surface area contributed by atoms with Crippen LogP contribution in [0.3, 0.4) is 0 Å². The lowest BCUT2D eigenvalue weighted by molar-refractivity contribution is 0.514. The molecule has 0 aliphatic heterocycles. The van der Waals surface area contributed by atoms with E-state index in [-0.39, 0.29) is 11.8 Å². The van der Waals surface area contributed by atoms with Crippen molar-refractivity contribution in [2.75, 3.05) is 22.9 Å². The van der Waals surface area contributed by atoms with Crippen molar-refractivity contribution in [2.45, 2.75) is 38.6 Å². The maximum atomic E-state index is 12.0. The number of halogens is 1. The number of hydrogen-bond acceptors (Lipinski definition) is 3. The van der Waals surface area contributed by atoms with Gasteiger partial charge in [0, 0.05) is 17.6 Å². The molecule has 0 heterocycles. The summed E-state index contributed by atoms with van der Waals surface area (Å²) in [5, 5.41) is 3.32. The van der Waals surface area contributed by atoms with Gasteiger partial charge in [-0.15, -0.1) is 11.6 Å². The summed E-state index contributed by atoms with van der Waals surface area (Å²) < 4.78 is 26.6. The predicted octanol–water partition coefficient (Wildman–Crippen LogP) is 3.21. The van der Waals surface area contributed by atoms with E-state index in [9.17, 15) is 8.42 Å². The minimum absolute atomic E-state index is 0.0378. The van der Waals surface area contributed by atoms with Crippen LogP contribution in [0.4, 0.5) is 5.69 Å². The van der Waals surface area contributed by atoms with E-state index in [0.29, 0.717) is 18.0 Å². The quantitative estimate of drug-likeness (QED) is 0.483. The summed E-state index contributed by atoms with van der Waals surface area (Å²) >= 11 is 5.89. The number of anilines is 1. The lowest BCUT2D eigenvalue weighted by Gasteiger charge is -2.16. The Balaban J connectivity index is 2.36. The number of sulfonamides is 1. The van der Waals surface area contributed by atoms with Gasteiger partial charge in [0.1, 0.15) is 0 Å². The van der Waals surface area contributed by atoms with Gasteiger partial charge in [-0.1, -0.05) is 38.0 Å². The van der Waals surface area contributed by atoms with Gasteiger partial charge in [-0.3, -0.25) is 4.72 Å². The molecule has 0 aliphatic carbocycles. The highest BCUT2D eigenvalue weighted by atomic mass is 35.5. The van der Waals surface area contributed by atoms with E-state index in [0.717, 1.165) is 13.0 Å². The minimum Gasteiger partial charge on any atom is -0.313 e. The largest absolute Gasteiger partial charge is 0.313 e. The molecule has 1 atom stereocenters. The third kappa shape index (κ3) is 8.29. The van der Waals surface area contributed by atoms with Gasteiger partial charge in [-0.05, 0) is 31.5 Å². The molecule has 1 unspecified atom stereocenters. The summed E-state index contributed by atoms with van der Waals surface area (Å²) in [5.41, 5.74) is 0.593. The first-order valence-electron chi connectivity index (χ1n) is 7.42. The van der Waals surface area contributed by atoms with E-state index in [4.69, 9.17) is 11.6 Å². The molecule has 0 aromatic heterocycles. The van der Waals surface area contributed by atoms with Gasteiger partial charge in [-0.25, -0.2) is 8.42 Å². The van der Waals surface area contributed by atoms with Crippen molar-refractivity contribution >= 4 is 27.3 Å². The summed E-state index contributed by atoms with van der Waals surface area (Å²) in [6, 6.07) is 8.96. The number of rotatable bonds is 11. The number of alkyl halides is 1. The zero-order valence-electron chi connectivity index (χ0n) is 12.5. The summed E-state index contributed by atoms with van der Waals surface area (Å²) in [4.78, 5) is 0. The average molecular weight is 333 g/mol. The highest BCUT2D eigenvalue weighted by molar-refractivity contribution is 7.92. The van der Waals surface area contributed by atoms with Gasteiger partial charge in [-0.2, -0.15) is 0 Å². The van der Waals surface area contributed by atoms with E-state index in [1.807, 2.05) is 6.07 Å². The van der Waals surface area contributed by atoms with Crippen LogP contribution in [0, 0.1) is 0 Å². The van der Waals surface area contributed by atoms with Crippen LogP contribution >= 0.6 is 11.6 Å². The minimum atomic E-state index is -3.32. The predicted molar refractivity (Wildman–Crippen MR) is 90.5 cm³/mol. The third-order valence-corrected chi connectivity index (χ3v) is 4.87. The number of hydrogen-bond donors (Lipinski definition) is 2. The highest BCUT2D eigenvalue weighted by Gasteiger charge is 2.14. The van der Waals surface area contributed by atoms with Gasteiger partial charge in [0.15, 0.2) is 0 Å². The molecular formula is C15H25ClN2O2S. The summed E-state index contributed by atoms with van der Waals surface area (Å²) in [5.74, 6) is 0.493. The van der Waals surface area contributed by atoms with E-state index in [2.05, 4.69) is 17.0 Å². The molecule has 0 amide bonds. The molecule has 0 saturated carbocycles. The first-order valence-corrected chi connectivity index (χ1v) is 9.61. The maximum Gasteiger partial charge on any atom is 0.232 e. The molecule has 1 rings (SSSR count). The van der Waals surface area contributed by atoms with Crippen LogP contribution in [-0.2, 0) is 10.0 Å². The fourth-order valence-corrected chi connectivity index (χ4v) is 3.40. The van der Waals surface area contributed by atoms with Crippen molar-refractivity contribution < 1.29 is 8.42 Å². The van der Waals surface area contributed by atoms with Gasteiger partial charge in [0.05, 0.1) is 5.75 Å². The second-order valence-electron chi connectivity index (χ2n) is 5.09. The molecule has 1 aromatic carbocycles. The Morgan fingerprint density at radius 1 is 1.19 bits per heavy atom. The van der Waals surface area contributed by atoms with Gasteiger partial charge in [0.25, 0.3) is 0 Å². The first kappa shape index (κ1) is 18.3. The molecule has 1 aromatic rings. The monoisotopic (exact) mass is 332 g/mol. The number of benzene rings is 1. The van der Waals surface area contributed by atoms with Crippen LogP contribution < -0.4 is 10.0 Å². The highest BCUT2D eigenvalue weighted by Crippen LogP contribution is 2.09. The SMILES string of the molecule is CCCCCNC(CCl)CCS(=O)(=O)Nc1ccccc1. The van der Waals surface area contributed by atoms with Crippen molar-refractivity contribution in [2.24, 2.45) is 0 Å². The average Bonchev–Trinajstić information content (AvgIpc) is 2.47. The topological polar surface area (TPSA) is 58.2 Å². The second kappa shape index (κ2) is 10.0. The molecule has 6 heteroatoms. The number of unbranched alkanes of at least 4 members (excludes halogenated alkanes) is 2. The molecule has 0 bridgehead atoms. The molecule has 0 aliphatic rings. The van der Waals surface area contributed by atoms with Crippen molar-refractivity contribution in [1.82, 2.24) is 5.32 Å². The standard InChI is InChI=1S/C15H25ClN2O2S/c1-2-3-7-11-17-15(13-16)10-12-21(19,20)18-14-8-5-4-6-9-14/h4-6,8-9,15,17-18H,2-3,7,10-13H2,1H3. The Bertz CT molecular complexity index is 480. The third-order valence-electron chi connectivity index (χ3n) is 3.18. The number of nitrogens with one attached hydrogen (secondary N) is 2. The normalized spacial score (nSPS) is 13.0. The lowest BCUT2D eigenvalue weighted by atomic mass is 10.2. The van der Waals surface area contributed by atoms with E-state index in [1.54, 1.807) is 24.3 Å². The van der Waals surface area contributed by atoms with E-state index >= 15 is 0 Å². The van der Waals surface area contributed by atoms with Gasteiger partial charge in [0.2, 0.25) is 10.0 Å². The van der Waals surface area contributed by atoms with Gasteiger partial charge < -0.3 is 5.32 Å². The Kier molecular flexibility index (Phi) is 8.73. The van der Waals surface area contributed by atoms with Gasteiger partial charge >= 0.3 is 0 Å².